The monoisotopic (exact) mass is 303 g/mol. The van der Waals surface area contributed by atoms with Crippen LogP contribution in [0.25, 0.3) is 0 Å². The summed E-state index contributed by atoms with van der Waals surface area (Å²) < 4.78 is 5.74. The van der Waals surface area contributed by atoms with Crippen molar-refractivity contribution in [2.75, 3.05) is 19.7 Å². The molecule has 1 amide bonds. The van der Waals surface area contributed by atoms with Crippen molar-refractivity contribution in [3.8, 4) is 0 Å². The van der Waals surface area contributed by atoms with Gasteiger partial charge in [0.15, 0.2) is 0 Å². The van der Waals surface area contributed by atoms with E-state index < -0.39 is 11.9 Å². The molecule has 1 aromatic carbocycles. The predicted molar refractivity (Wildman–Crippen MR) is 80.0 cm³/mol. The Hall–Kier alpha value is -1.88. The largest absolute Gasteiger partial charge is 0.481 e. The highest BCUT2D eigenvalue weighted by atomic mass is 16.5. The van der Waals surface area contributed by atoms with E-state index in [4.69, 9.17) is 9.84 Å². The number of rotatable bonds is 6. The first-order valence-corrected chi connectivity index (χ1v) is 7.78. The molecule has 1 aromatic rings. The van der Waals surface area contributed by atoms with Crippen molar-refractivity contribution in [1.29, 1.82) is 0 Å². The summed E-state index contributed by atoms with van der Waals surface area (Å²) in [6.45, 7) is 2.65. The highest BCUT2D eigenvalue weighted by Crippen LogP contribution is 2.40. The van der Waals surface area contributed by atoms with Crippen molar-refractivity contribution in [2.24, 2.45) is 17.8 Å². The number of ether oxygens (including phenoxy) is 1. The lowest BCUT2D eigenvalue weighted by Crippen LogP contribution is -2.31. The van der Waals surface area contributed by atoms with E-state index in [-0.39, 0.29) is 11.8 Å². The van der Waals surface area contributed by atoms with Crippen LogP contribution < -0.4 is 0 Å². The fourth-order valence-electron chi connectivity index (χ4n) is 3.06. The number of hydrogen-bond acceptors (Lipinski definition) is 3. The molecule has 5 nitrogen and oxygen atoms in total. The standard InChI is InChI=1S/C17H21NO4/c19-16(14-8-15(14)17(20)21)18-7-6-13(9-18)11-22-10-12-4-2-1-3-5-12/h1-5,13-15H,6-11H2,(H,20,21)/t13-,14-,15+/m0/s1. The molecule has 3 rings (SSSR count). The lowest BCUT2D eigenvalue weighted by Gasteiger charge is -2.16. The molecule has 0 spiro atoms. The van der Waals surface area contributed by atoms with Gasteiger partial charge in [0.25, 0.3) is 0 Å². The van der Waals surface area contributed by atoms with Gasteiger partial charge in [-0.25, -0.2) is 0 Å². The van der Waals surface area contributed by atoms with Crippen LogP contribution in [0.5, 0.6) is 0 Å². The summed E-state index contributed by atoms with van der Waals surface area (Å²) in [5.74, 6) is -1.23. The number of likely N-dealkylation sites (tertiary alicyclic amines) is 1. The zero-order valence-electron chi connectivity index (χ0n) is 12.5. The molecule has 1 heterocycles. The number of carboxylic acid groups (broad SMARTS) is 1. The topological polar surface area (TPSA) is 66.8 Å². The third kappa shape index (κ3) is 3.47. The van der Waals surface area contributed by atoms with E-state index in [2.05, 4.69) is 0 Å². The predicted octanol–water partition coefficient (Wildman–Crippen LogP) is 1.77. The Labute approximate surface area is 129 Å². The van der Waals surface area contributed by atoms with Crippen LogP contribution in [0, 0.1) is 17.8 Å². The molecule has 1 saturated carbocycles. The van der Waals surface area contributed by atoms with Crippen LogP contribution in [-0.2, 0) is 20.9 Å². The molecule has 22 heavy (non-hydrogen) atoms. The summed E-state index contributed by atoms with van der Waals surface area (Å²) in [4.78, 5) is 24.8. The minimum atomic E-state index is -0.847. The van der Waals surface area contributed by atoms with Gasteiger partial charge in [-0.3, -0.25) is 9.59 Å². The van der Waals surface area contributed by atoms with Crippen LogP contribution in [0.3, 0.4) is 0 Å². The molecule has 0 unspecified atom stereocenters. The van der Waals surface area contributed by atoms with Crippen LogP contribution in [0.2, 0.25) is 0 Å². The molecular formula is C17H21NO4. The van der Waals surface area contributed by atoms with E-state index in [0.29, 0.717) is 32.1 Å². The molecule has 1 aliphatic carbocycles. The minimum absolute atomic E-state index is 0.0120. The summed E-state index contributed by atoms with van der Waals surface area (Å²) in [5.41, 5.74) is 1.15. The molecule has 1 saturated heterocycles. The first kappa shape index (κ1) is 15.0. The van der Waals surface area contributed by atoms with Gasteiger partial charge in [0.2, 0.25) is 5.91 Å². The molecule has 1 aliphatic heterocycles. The number of nitrogens with zero attached hydrogens (tertiary/aromatic N) is 1. The van der Waals surface area contributed by atoms with Gasteiger partial charge in [-0.1, -0.05) is 30.3 Å². The van der Waals surface area contributed by atoms with E-state index in [9.17, 15) is 9.59 Å². The third-order valence-electron chi connectivity index (χ3n) is 4.49. The average molecular weight is 303 g/mol. The van der Waals surface area contributed by atoms with Crippen LogP contribution in [-0.4, -0.2) is 41.6 Å². The molecule has 3 atom stereocenters. The van der Waals surface area contributed by atoms with Gasteiger partial charge in [0.1, 0.15) is 0 Å². The molecule has 0 aromatic heterocycles. The van der Waals surface area contributed by atoms with E-state index >= 15 is 0 Å². The molecule has 2 aliphatic rings. The first-order chi connectivity index (χ1) is 10.6. The Morgan fingerprint density at radius 2 is 2.00 bits per heavy atom. The summed E-state index contributed by atoms with van der Waals surface area (Å²) in [6, 6.07) is 10.0. The highest BCUT2D eigenvalue weighted by Gasteiger charge is 2.50. The first-order valence-electron chi connectivity index (χ1n) is 7.78. The lowest BCUT2D eigenvalue weighted by molar-refractivity contribution is -0.141. The maximum absolute atomic E-state index is 12.2. The second-order valence-corrected chi connectivity index (χ2v) is 6.23. The van der Waals surface area contributed by atoms with Crippen molar-refractivity contribution in [1.82, 2.24) is 4.90 Å². The maximum atomic E-state index is 12.2. The molecule has 0 radical (unpaired) electrons. The maximum Gasteiger partial charge on any atom is 0.307 e. The third-order valence-corrected chi connectivity index (χ3v) is 4.49. The number of carbonyl (C=O) groups excluding carboxylic acids is 1. The number of benzene rings is 1. The molecule has 2 fully saturated rings. The smallest absolute Gasteiger partial charge is 0.307 e. The van der Waals surface area contributed by atoms with E-state index in [0.717, 1.165) is 18.5 Å². The molecule has 1 N–H and O–H groups in total. The Morgan fingerprint density at radius 3 is 2.68 bits per heavy atom. The summed E-state index contributed by atoms with van der Waals surface area (Å²) >= 11 is 0. The number of carbonyl (C=O) groups is 2. The zero-order valence-corrected chi connectivity index (χ0v) is 12.5. The van der Waals surface area contributed by atoms with Crippen molar-refractivity contribution in [3.63, 3.8) is 0 Å². The fourth-order valence-corrected chi connectivity index (χ4v) is 3.06. The van der Waals surface area contributed by atoms with Gasteiger partial charge >= 0.3 is 5.97 Å². The Morgan fingerprint density at radius 1 is 1.23 bits per heavy atom. The van der Waals surface area contributed by atoms with E-state index in [1.54, 1.807) is 0 Å². The van der Waals surface area contributed by atoms with Crippen molar-refractivity contribution in [2.45, 2.75) is 19.4 Å². The molecule has 0 bridgehead atoms. The second-order valence-electron chi connectivity index (χ2n) is 6.23. The Balaban J connectivity index is 1.39. The number of aliphatic carboxylic acids is 1. The second kappa shape index (κ2) is 6.48. The van der Waals surface area contributed by atoms with Gasteiger partial charge in [-0.2, -0.15) is 0 Å². The van der Waals surface area contributed by atoms with Crippen molar-refractivity contribution < 1.29 is 19.4 Å². The highest BCUT2D eigenvalue weighted by molar-refractivity contribution is 5.89. The zero-order chi connectivity index (χ0) is 15.5. The van der Waals surface area contributed by atoms with Gasteiger partial charge in [0, 0.05) is 19.0 Å². The van der Waals surface area contributed by atoms with Gasteiger partial charge in [-0.05, 0) is 18.4 Å². The Kier molecular flexibility index (Phi) is 4.43. The molecular weight excluding hydrogens is 282 g/mol. The van der Waals surface area contributed by atoms with Gasteiger partial charge in [-0.15, -0.1) is 0 Å². The average Bonchev–Trinajstić information content (AvgIpc) is 3.20. The van der Waals surface area contributed by atoms with Crippen LogP contribution in [0.15, 0.2) is 30.3 Å². The minimum Gasteiger partial charge on any atom is -0.481 e. The molecule has 118 valence electrons. The van der Waals surface area contributed by atoms with Crippen LogP contribution in [0.4, 0.5) is 0 Å². The van der Waals surface area contributed by atoms with Gasteiger partial charge in [0.05, 0.1) is 25.0 Å². The lowest BCUT2D eigenvalue weighted by atomic mass is 10.1. The summed E-state index contributed by atoms with van der Waals surface area (Å²) in [7, 11) is 0. The normalized spacial score (nSPS) is 26.9. The summed E-state index contributed by atoms with van der Waals surface area (Å²) in [6.07, 6.45) is 1.44. The van der Waals surface area contributed by atoms with Gasteiger partial charge < -0.3 is 14.7 Å². The summed E-state index contributed by atoms with van der Waals surface area (Å²) in [5, 5.41) is 8.90. The van der Waals surface area contributed by atoms with Crippen molar-refractivity contribution >= 4 is 11.9 Å². The number of amides is 1. The SMILES string of the molecule is O=C(O)[C@@H]1C[C@@H]1C(=O)N1CC[C@H](COCc2ccccc2)C1. The number of hydrogen-bond donors (Lipinski definition) is 1. The number of carboxylic acids is 1. The van der Waals surface area contributed by atoms with E-state index in [1.165, 1.54) is 0 Å². The fraction of sp³-hybridized carbons (Fsp3) is 0.529. The van der Waals surface area contributed by atoms with E-state index in [1.807, 2.05) is 35.2 Å². The Bertz CT molecular complexity index is 545. The van der Waals surface area contributed by atoms with Crippen molar-refractivity contribution in [3.05, 3.63) is 35.9 Å². The quantitative estimate of drug-likeness (QED) is 0.870. The van der Waals surface area contributed by atoms with Crippen LogP contribution >= 0.6 is 0 Å². The van der Waals surface area contributed by atoms with Crippen LogP contribution in [0.1, 0.15) is 18.4 Å². The molecule has 5 heteroatoms.